The van der Waals surface area contributed by atoms with Crippen molar-refractivity contribution < 1.29 is 14.3 Å². The number of carbonyl (C=O) groups is 2. The van der Waals surface area contributed by atoms with Crippen molar-refractivity contribution >= 4 is 28.4 Å². The summed E-state index contributed by atoms with van der Waals surface area (Å²) in [4.78, 5) is 31.3. The molecular weight excluding hydrogens is 428 g/mol. The fraction of sp³-hybridized carbons (Fsp3) is 0.556. The van der Waals surface area contributed by atoms with E-state index in [1.54, 1.807) is 11.8 Å². The molecule has 2 saturated heterocycles. The predicted octanol–water partition coefficient (Wildman–Crippen LogP) is 2.95. The zero-order chi connectivity index (χ0) is 23.4. The van der Waals surface area contributed by atoms with Gasteiger partial charge >= 0.3 is 0 Å². The first kappa shape index (κ1) is 21.9. The first-order chi connectivity index (χ1) is 16.5. The molecule has 0 aliphatic carbocycles. The maximum absolute atomic E-state index is 13.8. The van der Waals surface area contributed by atoms with E-state index >= 15 is 0 Å². The summed E-state index contributed by atoms with van der Waals surface area (Å²) in [5, 5.41) is 4.31. The van der Waals surface area contributed by atoms with Crippen molar-refractivity contribution in [1.82, 2.24) is 19.7 Å². The number of piperidine rings is 1. The number of ether oxygens (including phenoxy) is 1. The topological polar surface area (TPSA) is 66.8 Å². The monoisotopic (exact) mass is 462 g/mol. The van der Waals surface area contributed by atoms with Crippen molar-refractivity contribution in [3.63, 3.8) is 0 Å². The molecule has 3 atom stereocenters. The van der Waals surface area contributed by atoms with Crippen LogP contribution in [-0.4, -0.2) is 71.6 Å². The molecule has 1 aromatic heterocycles. The molecule has 0 radical (unpaired) electrons. The number of nitrogens with zero attached hydrogens (tertiary/aromatic N) is 3. The summed E-state index contributed by atoms with van der Waals surface area (Å²) < 4.78 is 7.59. The van der Waals surface area contributed by atoms with Gasteiger partial charge in [0.05, 0.1) is 24.8 Å². The number of fused-ring (bicyclic) bond motifs is 3. The second kappa shape index (κ2) is 8.24. The van der Waals surface area contributed by atoms with Gasteiger partial charge in [-0.25, -0.2) is 0 Å². The van der Waals surface area contributed by atoms with E-state index in [4.69, 9.17) is 4.74 Å². The molecule has 7 heteroatoms. The van der Waals surface area contributed by atoms with Gasteiger partial charge in [-0.3, -0.25) is 14.5 Å². The van der Waals surface area contributed by atoms with E-state index in [1.165, 1.54) is 16.6 Å². The summed E-state index contributed by atoms with van der Waals surface area (Å²) in [5.74, 6) is -0.203. The zero-order valence-electron chi connectivity index (χ0n) is 20.2. The van der Waals surface area contributed by atoms with Gasteiger partial charge in [-0.15, -0.1) is 0 Å². The second-order valence-corrected chi connectivity index (χ2v) is 10.3. The van der Waals surface area contributed by atoms with Crippen molar-refractivity contribution in [1.29, 1.82) is 0 Å². The van der Waals surface area contributed by atoms with Crippen LogP contribution in [0.1, 0.15) is 50.4 Å². The highest BCUT2D eigenvalue weighted by Gasteiger charge is 2.51. The van der Waals surface area contributed by atoms with Crippen LogP contribution in [0.25, 0.3) is 16.6 Å². The summed E-state index contributed by atoms with van der Waals surface area (Å²) in [6.07, 6.45) is 6.50. The average Bonchev–Trinajstić information content (AvgIpc) is 3.22. The molecule has 2 fully saturated rings. The molecular formula is C27H34N4O3. The smallest absolute Gasteiger partial charge is 0.268 e. The molecule has 2 aromatic rings. The molecule has 0 bridgehead atoms. The standard InChI is InChI=1S/C27H34N4O3/c1-3-27-10-6-11-29-12-9-20-19-7-4-5-8-21(19)31(23(20)24(27)29)22(17-27)25(32)28-18(2)26(33)30-13-15-34-16-14-30/h4-5,7-8,17-18,24H,3,6,9-16H2,1-2H3,(H,28,32)/t18?,24-,27+/m1/s1. The Balaban J connectivity index is 1.42. The van der Waals surface area contributed by atoms with Crippen LogP contribution < -0.4 is 5.32 Å². The van der Waals surface area contributed by atoms with Crippen LogP contribution in [0.15, 0.2) is 30.3 Å². The van der Waals surface area contributed by atoms with E-state index in [0.717, 1.165) is 44.3 Å². The molecule has 5 heterocycles. The minimum atomic E-state index is -0.581. The summed E-state index contributed by atoms with van der Waals surface area (Å²) in [6.45, 7) is 8.51. The van der Waals surface area contributed by atoms with Gasteiger partial charge in [-0.1, -0.05) is 25.1 Å². The molecule has 0 spiro atoms. The molecule has 6 rings (SSSR count). The SMILES string of the molecule is CC[C@@]12C=C(C(=O)NC(C)C(=O)N3CCOCC3)n3c4c(c5ccccc53)CCN(CCC1)[C@H]42. The van der Waals surface area contributed by atoms with Gasteiger partial charge in [0.25, 0.3) is 5.91 Å². The van der Waals surface area contributed by atoms with Crippen LogP contribution >= 0.6 is 0 Å². The van der Waals surface area contributed by atoms with Gasteiger partial charge < -0.3 is 19.5 Å². The van der Waals surface area contributed by atoms with Crippen LogP contribution in [-0.2, 0) is 20.7 Å². The van der Waals surface area contributed by atoms with E-state index in [-0.39, 0.29) is 17.2 Å². The maximum Gasteiger partial charge on any atom is 0.268 e. The Morgan fingerprint density at radius 3 is 2.76 bits per heavy atom. The van der Waals surface area contributed by atoms with E-state index in [0.29, 0.717) is 38.0 Å². The minimum absolute atomic E-state index is 0.0422. The number of morpholine rings is 1. The van der Waals surface area contributed by atoms with Crippen molar-refractivity contribution in [2.24, 2.45) is 5.41 Å². The summed E-state index contributed by atoms with van der Waals surface area (Å²) in [6, 6.07) is 8.20. The molecule has 180 valence electrons. The van der Waals surface area contributed by atoms with E-state index < -0.39 is 6.04 Å². The molecule has 7 nitrogen and oxygen atoms in total. The lowest BCUT2D eigenvalue weighted by molar-refractivity contribution is -0.138. The van der Waals surface area contributed by atoms with Gasteiger partial charge in [0, 0.05) is 36.1 Å². The number of hydrogen-bond acceptors (Lipinski definition) is 4. The lowest BCUT2D eigenvalue weighted by atomic mass is 9.66. The van der Waals surface area contributed by atoms with Crippen molar-refractivity contribution in [2.45, 2.75) is 51.6 Å². The molecule has 1 N–H and O–H groups in total. The highest BCUT2D eigenvalue weighted by molar-refractivity contribution is 6.17. The lowest BCUT2D eigenvalue weighted by Gasteiger charge is -2.53. The number of amides is 2. The number of aromatic nitrogens is 1. The van der Waals surface area contributed by atoms with Gasteiger partial charge in [0.2, 0.25) is 5.91 Å². The molecule has 0 saturated carbocycles. The minimum Gasteiger partial charge on any atom is -0.378 e. The van der Waals surface area contributed by atoms with Gasteiger partial charge in [-0.05, 0) is 56.9 Å². The van der Waals surface area contributed by atoms with Crippen molar-refractivity contribution in [2.75, 3.05) is 39.4 Å². The fourth-order valence-electron chi connectivity index (χ4n) is 6.84. The Kier molecular flexibility index (Phi) is 5.30. The zero-order valence-corrected chi connectivity index (χ0v) is 20.2. The second-order valence-electron chi connectivity index (χ2n) is 10.3. The van der Waals surface area contributed by atoms with E-state index in [9.17, 15) is 9.59 Å². The number of rotatable bonds is 4. The predicted molar refractivity (Wildman–Crippen MR) is 131 cm³/mol. The molecule has 1 unspecified atom stereocenters. The summed E-state index contributed by atoms with van der Waals surface area (Å²) in [5.41, 5.74) is 4.42. The third-order valence-electron chi connectivity index (χ3n) is 8.52. The molecule has 34 heavy (non-hydrogen) atoms. The summed E-state index contributed by atoms with van der Waals surface area (Å²) >= 11 is 0. The number of nitrogens with one attached hydrogen (secondary N) is 1. The normalized spacial score (nSPS) is 27.2. The van der Waals surface area contributed by atoms with E-state index in [2.05, 4.69) is 52.0 Å². The Hall–Kier alpha value is -2.64. The Labute approximate surface area is 200 Å². The lowest BCUT2D eigenvalue weighted by Crippen LogP contribution is -2.53. The fourth-order valence-corrected chi connectivity index (χ4v) is 6.84. The van der Waals surface area contributed by atoms with Crippen LogP contribution in [0.3, 0.4) is 0 Å². The third kappa shape index (κ3) is 3.17. The average molecular weight is 463 g/mol. The number of benzene rings is 1. The van der Waals surface area contributed by atoms with Gasteiger partial charge in [0.15, 0.2) is 0 Å². The Morgan fingerprint density at radius 2 is 1.97 bits per heavy atom. The first-order valence-electron chi connectivity index (χ1n) is 12.8. The Bertz CT molecular complexity index is 1180. The number of carbonyl (C=O) groups excluding carboxylic acids is 2. The van der Waals surface area contributed by atoms with Gasteiger partial charge in [-0.2, -0.15) is 0 Å². The third-order valence-corrected chi connectivity index (χ3v) is 8.52. The molecule has 1 aromatic carbocycles. The molecule has 4 aliphatic heterocycles. The number of hydrogen-bond donors (Lipinski definition) is 1. The highest BCUT2D eigenvalue weighted by atomic mass is 16.5. The van der Waals surface area contributed by atoms with Crippen molar-refractivity contribution in [3.05, 3.63) is 41.6 Å². The first-order valence-corrected chi connectivity index (χ1v) is 12.8. The van der Waals surface area contributed by atoms with Crippen molar-refractivity contribution in [3.8, 4) is 0 Å². The maximum atomic E-state index is 13.8. The van der Waals surface area contributed by atoms with Crippen LogP contribution in [0.5, 0.6) is 0 Å². The van der Waals surface area contributed by atoms with Crippen LogP contribution in [0.2, 0.25) is 0 Å². The summed E-state index contributed by atoms with van der Waals surface area (Å²) in [7, 11) is 0. The molecule has 2 amide bonds. The van der Waals surface area contributed by atoms with Crippen LogP contribution in [0, 0.1) is 5.41 Å². The van der Waals surface area contributed by atoms with Gasteiger partial charge in [0.1, 0.15) is 11.7 Å². The molecule has 4 aliphatic rings. The quantitative estimate of drug-likeness (QED) is 0.759. The largest absolute Gasteiger partial charge is 0.378 e. The van der Waals surface area contributed by atoms with Crippen LogP contribution in [0.4, 0.5) is 0 Å². The number of para-hydroxylation sites is 1. The van der Waals surface area contributed by atoms with E-state index in [1.807, 2.05) is 0 Å². The highest BCUT2D eigenvalue weighted by Crippen LogP contribution is 2.56. The Morgan fingerprint density at radius 1 is 1.18 bits per heavy atom.